The molecule has 0 saturated carbocycles. The Bertz CT molecular complexity index is 968. The zero-order chi connectivity index (χ0) is 20.4. The molecule has 1 atom stereocenters. The van der Waals surface area contributed by atoms with Gasteiger partial charge >= 0.3 is 0 Å². The maximum atomic E-state index is 14.4. The van der Waals surface area contributed by atoms with Gasteiger partial charge in [-0.2, -0.15) is 0 Å². The van der Waals surface area contributed by atoms with E-state index in [4.69, 9.17) is 4.74 Å². The number of nitrogens with zero attached hydrogens (tertiary/aromatic N) is 1. The molecule has 1 aromatic heterocycles. The molecule has 0 fully saturated rings. The van der Waals surface area contributed by atoms with Crippen molar-refractivity contribution in [2.45, 2.75) is 38.7 Å². The monoisotopic (exact) mass is 499 g/mol. The van der Waals surface area contributed by atoms with Crippen LogP contribution in [0.25, 0.3) is 0 Å². The molecule has 1 aliphatic rings. The maximum Gasteiger partial charge on any atom is 0.254 e. The van der Waals surface area contributed by atoms with Gasteiger partial charge in [-0.3, -0.25) is 9.59 Å². The minimum Gasteiger partial charge on any atom is -0.391 e. The van der Waals surface area contributed by atoms with Crippen molar-refractivity contribution in [3.05, 3.63) is 65.9 Å². The summed E-state index contributed by atoms with van der Waals surface area (Å²) in [5.74, 6) is -0.598. The molecule has 150 valence electrons. The molecule has 0 spiro atoms. The predicted molar refractivity (Wildman–Crippen MR) is 112 cm³/mol. The molecular weight excluding hydrogens is 476 g/mol. The summed E-state index contributed by atoms with van der Waals surface area (Å²) in [5, 5.41) is 9.35. The fourth-order valence-corrected chi connectivity index (χ4v) is 4.15. The summed E-state index contributed by atoms with van der Waals surface area (Å²) in [4.78, 5) is 25.8. The number of ether oxygens (including phenoxy) is 1. The number of halogens is 2. The van der Waals surface area contributed by atoms with Crippen LogP contribution < -0.4 is 5.56 Å². The number of pyridine rings is 1. The first kappa shape index (κ1) is 21.1. The second kappa shape index (κ2) is 8.84. The van der Waals surface area contributed by atoms with E-state index in [-0.39, 0.29) is 36.8 Å². The molecule has 7 heteroatoms. The van der Waals surface area contributed by atoms with Gasteiger partial charge in [0.15, 0.2) is 5.78 Å². The number of fused-ring (bicyclic) bond motifs is 1. The third-order valence-corrected chi connectivity index (χ3v) is 5.69. The summed E-state index contributed by atoms with van der Waals surface area (Å²) >= 11 is 2.04. The summed E-state index contributed by atoms with van der Waals surface area (Å²) in [6, 6.07) is 4.93. The first-order chi connectivity index (χ1) is 13.3. The smallest absolute Gasteiger partial charge is 0.254 e. The Morgan fingerprint density at radius 1 is 1.36 bits per heavy atom. The SMILES string of the molecule is C[C@H](O)COCC(=O)c1c2c(c(=O)n(C)c1Cc1ccc(I)cc1F)CCC2. The van der Waals surface area contributed by atoms with Gasteiger partial charge in [0.25, 0.3) is 5.56 Å². The van der Waals surface area contributed by atoms with Crippen LogP contribution in [0.3, 0.4) is 0 Å². The largest absolute Gasteiger partial charge is 0.391 e. The number of Topliss-reactive ketones (excluding diaryl/α,β-unsaturated/α-hetero) is 1. The summed E-state index contributed by atoms with van der Waals surface area (Å²) in [7, 11) is 1.63. The zero-order valence-corrected chi connectivity index (χ0v) is 18.1. The molecule has 5 nitrogen and oxygen atoms in total. The van der Waals surface area contributed by atoms with Crippen molar-refractivity contribution in [2.75, 3.05) is 13.2 Å². The highest BCUT2D eigenvalue weighted by atomic mass is 127. The van der Waals surface area contributed by atoms with Crippen LogP contribution in [-0.2, 0) is 31.0 Å². The topological polar surface area (TPSA) is 68.5 Å². The molecule has 0 aliphatic heterocycles. The number of aromatic nitrogens is 1. The summed E-state index contributed by atoms with van der Waals surface area (Å²) in [6.45, 7) is 1.46. The van der Waals surface area contributed by atoms with Crippen molar-refractivity contribution in [1.82, 2.24) is 4.57 Å². The Labute approximate surface area is 176 Å². The van der Waals surface area contributed by atoms with E-state index in [1.54, 1.807) is 26.1 Å². The number of hydrogen-bond acceptors (Lipinski definition) is 4. The average Bonchev–Trinajstić information content (AvgIpc) is 3.10. The normalized spacial score (nSPS) is 14.2. The number of hydrogen-bond donors (Lipinski definition) is 1. The number of benzene rings is 1. The molecule has 0 radical (unpaired) electrons. The second-order valence-electron chi connectivity index (χ2n) is 7.20. The number of ketones is 1. The van der Waals surface area contributed by atoms with Crippen LogP contribution in [-0.4, -0.2) is 34.8 Å². The van der Waals surface area contributed by atoms with Crippen molar-refractivity contribution < 1.29 is 19.0 Å². The third-order valence-electron chi connectivity index (χ3n) is 5.02. The minimum absolute atomic E-state index is 0.0563. The Balaban J connectivity index is 2.06. The Morgan fingerprint density at radius 3 is 2.75 bits per heavy atom. The number of carbonyl (C=O) groups excluding carboxylic acids is 1. The van der Waals surface area contributed by atoms with Crippen molar-refractivity contribution in [3.63, 3.8) is 0 Å². The van der Waals surface area contributed by atoms with Crippen molar-refractivity contribution >= 4 is 28.4 Å². The predicted octanol–water partition coefficient (Wildman–Crippen LogP) is 2.79. The van der Waals surface area contributed by atoms with E-state index in [0.29, 0.717) is 35.2 Å². The van der Waals surface area contributed by atoms with Crippen LogP contribution in [0.1, 0.15) is 46.1 Å². The van der Waals surface area contributed by atoms with Crippen molar-refractivity contribution in [1.29, 1.82) is 0 Å². The Morgan fingerprint density at radius 2 is 2.07 bits per heavy atom. The van der Waals surface area contributed by atoms with Gasteiger partial charge in [-0.1, -0.05) is 6.07 Å². The summed E-state index contributed by atoms with van der Waals surface area (Å²) in [6.07, 6.45) is 1.61. The maximum absolute atomic E-state index is 14.4. The van der Waals surface area contributed by atoms with E-state index in [9.17, 15) is 19.1 Å². The number of aliphatic hydroxyl groups is 1. The van der Waals surface area contributed by atoms with Gasteiger partial charge in [-0.25, -0.2) is 4.39 Å². The lowest BCUT2D eigenvalue weighted by molar-refractivity contribution is 0.0423. The fourth-order valence-electron chi connectivity index (χ4n) is 3.70. The van der Waals surface area contributed by atoms with Gasteiger partial charge in [0.2, 0.25) is 0 Å². The van der Waals surface area contributed by atoms with Crippen LogP contribution >= 0.6 is 22.6 Å². The van der Waals surface area contributed by atoms with Gasteiger partial charge in [0, 0.05) is 33.9 Å². The lowest BCUT2D eigenvalue weighted by Gasteiger charge is -2.18. The lowest BCUT2D eigenvalue weighted by atomic mass is 9.95. The molecule has 0 amide bonds. The van der Waals surface area contributed by atoms with E-state index in [2.05, 4.69) is 0 Å². The van der Waals surface area contributed by atoms with Crippen LogP contribution in [0.15, 0.2) is 23.0 Å². The first-order valence-electron chi connectivity index (χ1n) is 9.26. The van der Waals surface area contributed by atoms with E-state index in [1.165, 1.54) is 10.6 Å². The zero-order valence-electron chi connectivity index (χ0n) is 15.9. The lowest BCUT2D eigenvalue weighted by Crippen LogP contribution is -2.30. The Hall–Kier alpha value is -1.58. The molecule has 2 aromatic rings. The number of rotatable bonds is 7. The van der Waals surface area contributed by atoms with Crippen LogP contribution in [0, 0.1) is 9.39 Å². The molecule has 0 saturated heterocycles. The standard InChI is InChI=1S/C21H23FINO4/c1-12(25)10-28-11-19(26)20-15-4-3-5-16(15)21(27)24(2)18(20)8-13-6-7-14(23)9-17(13)22/h6-7,9,12,25H,3-5,8,10-11H2,1-2H3/t12-/m0/s1. The molecule has 1 heterocycles. The fraction of sp³-hybridized carbons (Fsp3) is 0.429. The van der Waals surface area contributed by atoms with E-state index in [0.717, 1.165) is 15.6 Å². The average molecular weight is 499 g/mol. The van der Waals surface area contributed by atoms with Crippen molar-refractivity contribution in [2.24, 2.45) is 7.05 Å². The quantitative estimate of drug-likeness (QED) is 0.470. The van der Waals surface area contributed by atoms with Crippen molar-refractivity contribution in [3.8, 4) is 0 Å². The number of carbonyl (C=O) groups is 1. The highest BCUT2D eigenvalue weighted by Crippen LogP contribution is 2.28. The molecule has 0 bridgehead atoms. The number of aliphatic hydroxyl groups excluding tert-OH is 1. The summed E-state index contributed by atoms with van der Waals surface area (Å²) < 4.78 is 22.0. The highest BCUT2D eigenvalue weighted by molar-refractivity contribution is 14.1. The van der Waals surface area contributed by atoms with E-state index >= 15 is 0 Å². The molecule has 1 aromatic carbocycles. The van der Waals surface area contributed by atoms with Crippen LogP contribution in [0.2, 0.25) is 0 Å². The van der Waals surface area contributed by atoms with Crippen LogP contribution in [0.5, 0.6) is 0 Å². The Kier molecular flexibility index (Phi) is 6.67. The van der Waals surface area contributed by atoms with E-state index in [1.807, 2.05) is 22.6 Å². The first-order valence-corrected chi connectivity index (χ1v) is 10.3. The molecular formula is C21H23FINO4. The van der Waals surface area contributed by atoms with Crippen LogP contribution in [0.4, 0.5) is 4.39 Å². The van der Waals surface area contributed by atoms with Gasteiger partial charge < -0.3 is 14.4 Å². The summed E-state index contributed by atoms with van der Waals surface area (Å²) in [5.41, 5.74) is 2.75. The highest BCUT2D eigenvalue weighted by Gasteiger charge is 2.28. The van der Waals surface area contributed by atoms with Gasteiger partial charge in [-0.05, 0) is 72.0 Å². The molecule has 3 rings (SSSR count). The molecule has 28 heavy (non-hydrogen) atoms. The third kappa shape index (κ3) is 4.36. The molecule has 1 aliphatic carbocycles. The second-order valence-corrected chi connectivity index (χ2v) is 8.44. The van der Waals surface area contributed by atoms with Gasteiger partial charge in [-0.15, -0.1) is 0 Å². The minimum atomic E-state index is -0.668. The van der Waals surface area contributed by atoms with E-state index < -0.39 is 6.10 Å². The van der Waals surface area contributed by atoms with Gasteiger partial charge in [0.1, 0.15) is 12.4 Å². The van der Waals surface area contributed by atoms with Gasteiger partial charge in [0.05, 0.1) is 12.7 Å². The molecule has 0 unspecified atom stereocenters. The molecule has 1 N–H and O–H groups in total.